The molecule has 1 aliphatic heterocycles. The van der Waals surface area contributed by atoms with Crippen LogP contribution in [-0.2, 0) is 6.54 Å². The summed E-state index contributed by atoms with van der Waals surface area (Å²) in [6.45, 7) is 3.04. The fourth-order valence-corrected chi connectivity index (χ4v) is 2.56. The molecular formula is C14H18N4. The van der Waals surface area contributed by atoms with E-state index in [2.05, 4.69) is 44.3 Å². The van der Waals surface area contributed by atoms with Crippen LogP contribution in [0.2, 0.25) is 0 Å². The second-order valence-corrected chi connectivity index (χ2v) is 4.83. The smallest absolute Gasteiger partial charge is 0.136 e. The third-order valence-electron chi connectivity index (χ3n) is 3.55. The van der Waals surface area contributed by atoms with E-state index in [1.807, 2.05) is 12.4 Å². The fraction of sp³-hybridized carbons (Fsp3) is 0.429. The van der Waals surface area contributed by atoms with Crippen LogP contribution in [0.5, 0.6) is 0 Å². The summed E-state index contributed by atoms with van der Waals surface area (Å²) in [6.07, 6.45) is 4.17. The number of nitrogens with zero attached hydrogens (tertiary/aromatic N) is 3. The highest BCUT2D eigenvalue weighted by Gasteiger charge is 2.20. The zero-order valence-electron chi connectivity index (χ0n) is 10.4. The molecule has 0 spiro atoms. The van der Waals surface area contributed by atoms with Gasteiger partial charge in [-0.15, -0.1) is 10.2 Å². The maximum atomic E-state index is 4.32. The normalized spacial score (nSPS) is 16.9. The van der Waals surface area contributed by atoms with Crippen LogP contribution in [0.1, 0.15) is 30.1 Å². The molecule has 2 heterocycles. The predicted octanol–water partition coefficient (Wildman–Crippen LogP) is 1.79. The van der Waals surface area contributed by atoms with Gasteiger partial charge >= 0.3 is 0 Å². The Morgan fingerprint density at radius 3 is 2.72 bits per heavy atom. The van der Waals surface area contributed by atoms with Crippen molar-refractivity contribution in [3.8, 4) is 0 Å². The summed E-state index contributed by atoms with van der Waals surface area (Å²) >= 11 is 0. The van der Waals surface area contributed by atoms with Crippen LogP contribution in [-0.4, -0.2) is 27.9 Å². The predicted molar refractivity (Wildman–Crippen MR) is 70.4 cm³/mol. The molecule has 2 aromatic rings. The highest BCUT2D eigenvalue weighted by molar-refractivity contribution is 5.16. The summed E-state index contributed by atoms with van der Waals surface area (Å²) in [4.78, 5) is 0. The molecule has 1 aromatic heterocycles. The lowest BCUT2D eigenvalue weighted by Gasteiger charge is -2.22. The zero-order valence-corrected chi connectivity index (χ0v) is 10.4. The highest BCUT2D eigenvalue weighted by Crippen LogP contribution is 2.23. The maximum absolute atomic E-state index is 4.32. The van der Waals surface area contributed by atoms with E-state index in [-0.39, 0.29) is 0 Å². The van der Waals surface area contributed by atoms with Crippen molar-refractivity contribution >= 4 is 0 Å². The summed E-state index contributed by atoms with van der Waals surface area (Å²) in [5.74, 6) is 1.69. The molecule has 0 unspecified atom stereocenters. The van der Waals surface area contributed by atoms with Gasteiger partial charge in [-0.3, -0.25) is 0 Å². The zero-order chi connectivity index (χ0) is 12.2. The van der Waals surface area contributed by atoms with Gasteiger partial charge in [0.25, 0.3) is 0 Å². The second kappa shape index (κ2) is 5.31. The van der Waals surface area contributed by atoms with Crippen LogP contribution in [0, 0.1) is 0 Å². The summed E-state index contributed by atoms with van der Waals surface area (Å²) in [5.41, 5.74) is 1.30. The minimum absolute atomic E-state index is 0.553. The summed E-state index contributed by atoms with van der Waals surface area (Å²) in [6, 6.07) is 10.5. The van der Waals surface area contributed by atoms with Gasteiger partial charge in [-0.05, 0) is 31.5 Å². The van der Waals surface area contributed by atoms with Gasteiger partial charge in [-0.2, -0.15) is 0 Å². The summed E-state index contributed by atoms with van der Waals surface area (Å²) in [7, 11) is 0. The Hall–Kier alpha value is -1.68. The first kappa shape index (κ1) is 11.4. The Balaban J connectivity index is 1.78. The van der Waals surface area contributed by atoms with E-state index in [4.69, 9.17) is 0 Å². The number of hydrogen-bond donors (Lipinski definition) is 1. The molecule has 4 heteroatoms. The van der Waals surface area contributed by atoms with E-state index < -0.39 is 0 Å². The van der Waals surface area contributed by atoms with E-state index in [0.29, 0.717) is 5.92 Å². The number of aromatic nitrogens is 3. The molecule has 0 aliphatic carbocycles. The molecule has 1 aromatic carbocycles. The first-order valence-corrected chi connectivity index (χ1v) is 6.56. The van der Waals surface area contributed by atoms with Gasteiger partial charge in [-0.25, -0.2) is 0 Å². The van der Waals surface area contributed by atoms with Gasteiger partial charge < -0.3 is 9.88 Å². The lowest BCUT2D eigenvalue weighted by Crippen LogP contribution is -2.28. The fourth-order valence-electron chi connectivity index (χ4n) is 2.56. The molecule has 0 amide bonds. The van der Waals surface area contributed by atoms with Crippen LogP contribution in [0.3, 0.4) is 0 Å². The first-order valence-electron chi connectivity index (χ1n) is 6.56. The quantitative estimate of drug-likeness (QED) is 0.892. The molecule has 94 valence electrons. The molecule has 4 nitrogen and oxygen atoms in total. The Morgan fingerprint density at radius 2 is 1.94 bits per heavy atom. The number of rotatable bonds is 3. The minimum atomic E-state index is 0.553. The molecule has 1 aliphatic rings. The molecule has 1 N–H and O–H groups in total. The topological polar surface area (TPSA) is 42.7 Å². The van der Waals surface area contributed by atoms with Crippen LogP contribution in [0.15, 0.2) is 36.7 Å². The number of benzene rings is 1. The summed E-state index contributed by atoms with van der Waals surface area (Å²) in [5, 5.41) is 11.8. The maximum Gasteiger partial charge on any atom is 0.136 e. The lowest BCUT2D eigenvalue weighted by molar-refractivity contribution is 0.433. The minimum Gasteiger partial charge on any atom is -0.317 e. The molecule has 18 heavy (non-hydrogen) atoms. The number of piperidine rings is 1. The van der Waals surface area contributed by atoms with Crippen LogP contribution in [0.25, 0.3) is 0 Å². The van der Waals surface area contributed by atoms with Gasteiger partial charge in [0.05, 0.1) is 6.54 Å². The van der Waals surface area contributed by atoms with Crippen molar-refractivity contribution in [3.63, 3.8) is 0 Å². The van der Waals surface area contributed by atoms with Crippen molar-refractivity contribution in [1.82, 2.24) is 20.1 Å². The van der Waals surface area contributed by atoms with Gasteiger partial charge in [-0.1, -0.05) is 30.3 Å². The van der Waals surface area contributed by atoms with Crippen LogP contribution in [0.4, 0.5) is 0 Å². The highest BCUT2D eigenvalue weighted by atomic mass is 15.3. The second-order valence-electron chi connectivity index (χ2n) is 4.83. The molecule has 0 bridgehead atoms. The lowest BCUT2D eigenvalue weighted by atomic mass is 9.97. The van der Waals surface area contributed by atoms with E-state index in [1.165, 1.54) is 5.56 Å². The molecular weight excluding hydrogens is 224 g/mol. The van der Waals surface area contributed by atoms with Gasteiger partial charge in [0.15, 0.2) is 0 Å². The van der Waals surface area contributed by atoms with E-state index in [0.717, 1.165) is 38.3 Å². The Morgan fingerprint density at radius 1 is 1.17 bits per heavy atom. The molecule has 0 radical (unpaired) electrons. The molecule has 0 atom stereocenters. The van der Waals surface area contributed by atoms with Gasteiger partial charge in [0, 0.05) is 5.92 Å². The average molecular weight is 242 g/mol. The standard InChI is InChI=1S/C14H18N4/c1-2-4-12(5-3-1)10-18-11-16-17-14(18)13-6-8-15-9-7-13/h1-5,11,13,15H,6-10H2. The molecule has 1 fully saturated rings. The van der Waals surface area contributed by atoms with Crippen molar-refractivity contribution in [2.45, 2.75) is 25.3 Å². The van der Waals surface area contributed by atoms with E-state index >= 15 is 0 Å². The van der Waals surface area contributed by atoms with Gasteiger partial charge in [0.2, 0.25) is 0 Å². The van der Waals surface area contributed by atoms with Crippen LogP contribution >= 0.6 is 0 Å². The molecule has 0 saturated carbocycles. The van der Waals surface area contributed by atoms with Crippen molar-refractivity contribution in [2.24, 2.45) is 0 Å². The largest absolute Gasteiger partial charge is 0.317 e. The third-order valence-corrected chi connectivity index (χ3v) is 3.55. The van der Waals surface area contributed by atoms with Crippen LogP contribution < -0.4 is 5.32 Å². The Labute approximate surface area is 107 Å². The summed E-state index contributed by atoms with van der Waals surface area (Å²) < 4.78 is 2.19. The van der Waals surface area contributed by atoms with Crippen molar-refractivity contribution in [1.29, 1.82) is 0 Å². The monoisotopic (exact) mass is 242 g/mol. The van der Waals surface area contributed by atoms with Crippen molar-refractivity contribution in [2.75, 3.05) is 13.1 Å². The number of nitrogens with one attached hydrogen (secondary N) is 1. The van der Waals surface area contributed by atoms with Crippen molar-refractivity contribution in [3.05, 3.63) is 48.0 Å². The first-order chi connectivity index (χ1) is 8.93. The molecule has 3 rings (SSSR count). The number of hydrogen-bond acceptors (Lipinski definition) is 3. The third kappa shape index (κ3) is 2.43. The average Bonchev–Trinajstić information content (AvgIpc) is 2.89. The van der Waals surface area contributed by atoms with E-state index in [1.54, 1.807) is 0 Å². The SMILES string of the molecule is c1ccc(Cn2cnnc2C2CCNCC2)cc1. The van der Waals surface area contributed by atoms with Gasteiger partial charge in [0.1, 0.15) is 12.2 Å². The van der Waals surface area contributed by atoms with E-state index in [9.17, 15) is 0 Å². The Bertz CT molecular complexity index is 486. The van der Waals surface area contributed by atoms with Crippen molar-refractivity contribution < 1.29 is 0 Å². The molecule has 1 saturated heterocycles. The Kier molecular flexibility index (Phi) is 3.37.